The molecule has 0 saturated carbocycles. The summed E-state index contributed by atoms with van der Waals surface area (Å²) >= 11 is 0. The molecule has 8 heteroatoms. The van der Waals surface area contributed by atoms with Crippen LogP contribution in [-0.2, 0) is 11.2 Å². The van der Waals surface area contributed by atoms with Crippen molar-refractivity contribution in [1.29, 1.82) is 0 Å². The molecule has 0 spiro atoms. The molecule has 2 saturated heterocycles. The molecule has 0 radical (unpaired) electrons. The maximum absolute atomic E-state index is 12.5. The number of piperidine rings is 1. The smallest absolute Gasteiger partial charge is 0.255 e. The Labute approximate surface area is 158 Å². The largest absolute Gasteiger partial charge is 0.368 e. The number of rotatable bonds is 6. The molecule has 0 aliphatic carbocycles. The van der Waals surface area contributed by atoms with Crippen LogP contribution in [0.2, 0.25) is 0 Å². The Morgan fingerprint density at radius 3 is 2.78 bits per heavy atom. The average molecular weight is 371 g/mol. The van der Waals surface area contributed by atoms with Gasteiger partial charge in [0.05, 0.1) is 0 Å². The lowest BCUT2D eigenvalue weighted by molar-refractivity contribution is 0.0705. The van der Waals surface area contributed by atoms with Gasteiger partial charge in [-0.1, -0.05) is 5.16 Å². The molecule has 4 rings (SSSR count). The number of pyridine rings is 1. The predicted molar refractivity (Wildman–Crippen MR) is 97.1 cm³/mol. The van der Waals surface area contributed by atoms with Gasteiger partial charge in [-0.25, -0.2) is 0 Å². The zero-order valence-electron chi connectivity index (χ0n) is 15.3. The Balaban J connectivity index is 1.18. The Kier molecular flexibility index (Phi) is 5.74. The number of aromatic nitrogens is 3. The summed E-state index contributed by atoms with van der Waals surface area (Å²) in [6.45, 7) is 3.11. The summed E-state index contributed by atoms with van der Waals surface area (Å²) in [6.07, 6.45) is 7.92. The van der Waals surface area contributed by atoms with E-state index in [4.69, 9.17) is 9.26 Å². The van der Waals surface area contributed by atoms with Crippen molar-refractivity contribution in [1.82, 2.24) is 25.3 Å². The highest BCUT2D eigenvalue weighted by Gasteiger charge is 2.25. The van der Waals surface area contributed by atoms with Gasteiger partial charge in [0.1, 0.15) is 6.10 Å². The summed E-state index contributed by atoms with van der Waals surface area (Å²) < 4.78 is 10.9. The van der Waals surface area contributed by atoms with Gasteiger partial charge in [0, 0.05) is 56.7 Å². The molecule has 4 heterocycles. The number of likely N-dealkylation sites (tertiary alicyclic amines) is 1. The average Bonchev–Trinajstić information content (AvgIpc) is 3.40. The molecule has 0 bridgehead atoms. The van der Waals surface area contributed by atoms with Crippen LogP contribution in [0.4, 0.5) is 0 Å². The van der Waals surface area contributed by atoms with Crippen LogP contribution in [0.1, 0.15) is 53.9 Å². The molecule has 0 aromatic carbocycles. The van der Waals surface area contributed by atoms with Crippen molar-refractivity contribution in [2.24, 2.45) is 0 Å². The predicted octanol–water partition coefficient (Wildman–Crippen LogP) is 1.75. The molecule has 2 aromatic rings. The molecule has 1 amide bonds. The van der Waals surface area contributed by atoms with Gasteiger partial charge in [-0.05, 0) is 37.8 Å². The first-order chi connectivity index (χ1) is 13.3. The summed E-state index contributed by atoms with van der Waals surface area (Å²) in [4.78, 5) is 22.8. The number of carbonyl (C=O) groups excluding carboxylic acids is 1. The second kappa shape index (κ2) is 8.58. The molecule has 1 atom stereocenters. The van der Waals surface area contributed by atoms with Crippen molar-refractivity contribution >= 4 is 5.91 Å². The maximum Gasteiger partial charge on any atom is 0.255 e. The van der Waals surface area contributed by atoms with E-state index in [9.17, 15) is 4.79 Å². The fourth-order valence-corrected chi connectivity index (χ4v) is 3.62. The van der Waals surface area contributed by atoms with Gasteiger partial charge in [-0.15, -0.1) is 0 Å². The summed E-state index contributed by atoms with van der Waals surface area (Å²) in [5, 5.41) is 7.60. The quantitative estimate of drug-likeness (QED) is 0.827. The van der Waals surface area contributed by atoms with Crippen molar-refractivity contribution in [3.63, 3.8) is 0 Å². The standard InChI is InChI=1S/C19H25N5O3/c25-19(14-3-8-20-9-4-14)24-11-6-15(7-12-24)21-10-5-17-22-18(27-23-17)16-2-1-13-26-16/h3-4,8-9,15-16,21H,1-2,5-7,10-13H2. The minimum absolute atomic E-state index is 0.0264. The maximum atomic E-state index is 12.5. The number of nitrogens with zero attached hydrogens (tertiary/aromatic N) is 4. The zero-order chi connectivity index (χ0) is 18.5. The third kappa shape index (κ3) is 4.51. The van der Waals surface area contributed by atoms with Crippen LogP contribution in [-0.4, -0.2) is 58.2 Å². The normalized spacial score (nSPS) is 20.9. The fraction of sp³-hybridized carbons (Fsp3) is 0.579. The van der Waals surface area contributed by atoms with Crippen molar-refractivity contribution in [3.05, 3.63) is 41.8 Å². The van der Waals surface area contributed by atoms with Gasteiger partial charge in [0.2, 0.25) is 0 Å². The van der Waals surface area contributed by atoms with E-state index < -0.39 is 0 Å². The molecule has 2 fully saturated rings. The second-order valence-electron chi connectivity index (χ2n) is 7.06. The molecule has 1 unspecified atom stereocenters. The molecule has 2 aromatic heterocycles. The Morgan fingerprint density at radius 2 is 2.04 bits per heavy atom. The van der Waals surface area contributed by atoms with Crippen LogP contribution in [0, 0.1) is 0 Å². The molecule has 2 aliphatic heterocycles. The molecule has 2 aliphatic rings. The number of hydrogen-bond acceptors (Lipinski definition) is 7. The lowest BCUT2D eigenvalue weighted by Crippen LogP contribution is -2.45. The van der Waals surface area contributed by atoms with Crippen molar-refractivity contribution in [2.45, 2.75) is 44.2 Å². The van der Waals surface area contributed by atoms with E-state index in [0.717, 1.165) is 64.2 Å². The van der Waals surface area contributed by atoms with Gasteiger partial charge >= 0.3 is 0 Å². The monoisotopic (exact) mass is 371 g/mol. The highest BCUT2D eigenvalue weighted by Crippen LogP contribution is 2.26. The van der Waals surface area contributed by atoms with E-state index in [1.807, 2.05) is 4.90 Å². The summed E-state index contributed by atoms with van der Waals surface area (Å²) in [5.74, 6) is 1.41. The van der Waals surface area contributed by atoms with E-state index in [1.54, 1.807) is 24.5 Å². The first-order valence-electron chi connectivity index (χ1n) is 9.66. The fourth-order valence-electron chi connectivity index (χ4n) is 3.62. The molecule has 144 valence electrons. The van der Waals surface area contributed by atoms with E-state index in [1.165, 1.54) is 0 Å². The van der Waals surface area contributed by atoms with E-state index >= 15 is 0 Å². The topological polar surface area (TPSA) is 93.4 Å². The van der Waals surface area contributed by atoms with Crippen LogP contribution in [0.5, 0.6) is 0 Å². The zero-order valence-corrected chi connectivity index (χ0v) is 15.3. The summed E-state index contributed by atoms with van der Waals surface area (Å²) in [7, 11) is 0. The first kappa shape index (κ1) is 18.1. The van der Waals surface area contributed by atoms with Crippen LogP contribution >= 0.6 is 0 Å². The van der Waals surface area contributed by atoms with E-state index in [0.29, 0.717) is 17.5 Å². The summed E-state index contributed by atoms with van der Waals surface area (Å²) in [5.41, 5.74) is 0.704. The molecular weight excluding hydrogens is 346 g/mol. The molecule has 8 nitrogen and oxygen atoms in total. The van der Waals surface area contributed by atoms with Crippen LogP contribution < -0.4 is 5.32 Å². The van der Waals surface area contributed by atoms with E-state index in [-0.39, 0.29) is 12.0 Å². The van der Waals surface area contributed by atoms with Gasteiger partial charge < -0.3 is 19.5 Å². The summed E-state index contributed by atoms with van der Waals surface area (Å²) in [6, 6.07) is 3.95. The van der Waals surface area contributed by atoms with Gasteiger partial charge in [-0.3, -0.25) is 9.78 Å². The van der Waals surface area contributed by atoms with Gasteiger partial charge in [0.15, 0.2) is 5.82 Å². The van der Waals surface area contributed by atoms with Crippen LogP contribution in [0.3, 0.4) is 0 Å². The number of nitrogens with one attached hydrogen (secondary N) is 1. The lowest BCUT2D eigenvalue weighted by Gasteiger charge is -2.32. The SMILES string of the molecule is O=C(c1ccncc1)N1CCC(NCCc2noc(C3CCCO3)n2)CC1. The Hall–Kier alpha value is -2.32. The molecule has 1 N–H and O–H groups in total. The number of carbonyl (C=O) groups is 1. The van der Waals surface area contributed by atoms with Gasteiger partial charge in [-0.2, -0.15) is 4.98 Å². The second-order valence-corrected chi connectivity index (χ2v) is 7.06. The highest BCUT2D eigenvalue weighted by atomic mass is 16.5. The van der Waals surface area contributed by atoms with Crippen LogP contribution in [0.25, 0.3) is 0 Å². The number of hydrogen-bond donors (Lipinski definition) is 1. The lowest BCUT2D eigenvalue weighted by atomic mass is 10.0. The third-order valence-corrected chi connectivity index (χ3v) is 5.18. The van der Waals surface area contributed by atoms with Gasteiger partial charge in [0.25, 0.3) is 11.8 Å². The van der Waals surface area contributed by atoms with Crippen molar-refractivity contribution in [2.75, 3.05) is 26.2 Å². The number of ether oxygens (including phenoxy) is 1. The molecule has 27 heavy (non-hydrogen) atoms. The number of amides is 1. The van der Waals surface area contributed by atoms with Crippen LogP contribution in [0.15, 0.2) is 29.0 Å². The minimum Gasteiger partial charge on any atom is -0.368 e. The highest BCUT2D eigenvalue weighted by molar-refractivity contribution is 5.94. The third-order valence-electron chi connectivity index (χ3n) is 5.18. The van der Waals surface area contributed by atoms with Crippen molar-refractivity contribution < 1.29 is 14.1 Å². The van der Waals surface area contributed by atoms with E-state index in [2.05, 4.69) is 20.4 Å². The molecular formula is C19H25N5O3. The minimum atomic E-state index is -0.0264. The Bertz CT molecular complexity index is 737. The van der Waals surface area contributed by atoms with Crippen molar-refractivity contribution in [3.8, 4) is 0 Å². The first-order valence-corrected chi connectivity index (χ1v) is 9.66. The Morgan fingerprint density at radius 1 is 1.22 bits per heavy atom.